The molecule has 0 unspecified atom stereocenters. The van der Waals surface area contributed by atoms with Crippen LogP contribution in [0.4, 0.5) is 0 Å². The third-order valence-electron chi connectivity index (χ3n) is 7.53. The Balaban J connectivity index is 1.53. The fourth-order valence-corrected chi connectivity index (χ4v) is 6.08. The van der Waals surface area contributed by atoms with Gasteiger partial charge in [0.15, 0.2) is 0 Å². The minimum Gasteiger partial charge on any atom is -0.244 e. The van der Waals surface area contributed by atoms with Gasteiger partial charge in [-0.05, 0) is 77.1 Å². The summed E-state index contributed by atoms with van der Waals surface area (Å²) in [4.78, 5) is 8.65. The second-order valence-corrected chi connectivity index (χ2v) is 9.48. The highest BCUT2D eigenvalue weighted by atomic mass is 14.8. The van der Waals surface area contributed by atoms with Crippen molar-refractivity contribution in [3.63, 3.8) is 0 Å². The summed E-state index contributed by atoms with van der Waals surface area (Å²) in [5.74, 6) is 0. The molecule has 2 heteroatoms. The normalized spacial score (nSPS) is 11.9. The topological polar surface area (TPSA) is 25.8 Å². The van der Waals surface area contributed by atoms with E-state index in [0.717, 1.165) is 5.56 Å². The van der Waals surface area contributed by atoms with Crippen molar-refractivity contribution < 1.29 is 0 Å². The quantitative estimate of drug-likeness (QED) is 0.192. The lowest BCUT2D eigenvalue weighted by molar-refractivity contribution is 1.17. The summed E-state index contributed by atoms with van der Waals surface area (Å²) in [5.41, 5.74) is 4.73. The smallest absolute Gasteiger partial charge is 0.115 e. The number of nitrogens with zero attached hydrogens (tertiary/aromatic N) is 2. The van der Waals surface area contributed by atoms with Gasteiger partial charge >= 0.3 is 0 Å². The number of hydrogen-bond acceptors (Lipinski definition) is 2. The number of rotatable bonds is 2. The third kappa shape index (κ3) is 2.67. The molecular weight excluding hydrogens is 436 g/mol. The van der Waals surface area contributed by atoms with Gasteiger partial charge in [0.2, 0.25) is 0 Å². The lowest BCUT2D eigenvalue weighted by Crippen LogP contribution is -1.92. The van der Waals surface area contributed by atoms with Crippen LogP contribution in [0.1, 0.15) is 0 Å². The number of aromatic nitrogens is 2. The van der Waals surface area contributed by atoms with Gasteiger partial charge in [0.25, 0.3) is 0 Å². The minimum absolute atomic E-state index is 1.03. The Morgan fingerprint density at radius 3 is 1.36 bits per heavy atom. The predicted molar refractivity (Wildman–Crippen MR) is 152 cm³/mol. The van der Waals surface area contributed by atoms with Gasteiger partial charge in [0, 0.05) is 23.5 Å². The SMILES string of the molecule is c1cc2ccc3cc(-c4c5ccccc5c(-c5cncnc5)c5ccccc45)cc4ccc(c1)c2c34. The van der Waals surface area contributed by atoms with E-state index in [2.05, 4.69) is 113 Å². The van der Waals surface area contributed by atoms with Gasteiger partial charge in [-0.3, -0.25) is 0 Å². The minimum atomic E-state index is 1.03. The van der Waals surface area contributed by atoms with Gasteiger partial charge in [-0.1, -0.05) is 91.0 Å². The maximum Gasteiger partial charge on any atom is 0.115 e. The Hall–Kier alpha value is -4.82. The molecule has 0 fully saturated rings. The monoisotopic (exact) mass is 456 g/mol. The lowest BCUT2D eigenvalue weighted by atomic mass is 9.85. The molecule has 1 aromatic heterocycles. The van der Waals surface area contributed by atoms with E-state index < -0.39 is 0 Å². The van der Waals surface area contributed by atoms with Crippen LogP contribution >= 0.6 is 0 Å². The molecule has 7 aromatic carbocycles. The molecule has 8 rings (SSSR count). The molecule has 8 aromatic rings. The van der Waals surface area contributed by atoms with Crippen LogP contribution in [0.3, 0.4) is 0 Å². The lowest BCUT2D eigenvalue weighted by Gasteiger charge is -2.18. The molecule has 0 N–H and O–H groups in total. The highest BCUT2D eigenvalue weighted by Crippen LogP contribution is 2.45. The molecule has 2 nitrogen and oxygen atoms in total. The molecule has 0 radical (unpaired) electrons. The summed E-state index contributed by atoms with van der Waals surface area (Å²) in [6.45, 7) is 0. The molecule has 0 amide bonds. The zero-order valence-corrected chi connectivity index (χ0v) is 19.4. The largest absolute Gasteiger partial charge is 0.244 e. The molecule has 0 bridgehead atoms. The summed E-state index contributed by atoms with van der Waals surface area (Å²) in [6, 6.07) is 37.8. The molecule has 0 aliphatic heterocycles. The van der Waals surface area contributed by atoms with Crippen molar-refractivity contribution in [1.82, 2.24) is 9.97 Å². The summed E-state index contributed by atoms with van der Waals surface area (Å²) in [6.07, 6.45) is 5.41. The molecule has 0 saturated carbocycles. The molecule has 0 saturated heterocycles. The van der Waals surface area contributed by atoms with Crippen LogP contribution in [0.5, 0.6) is 0 Å². The predicted octanol–water partition coefficient (Wildman–Crippen LogP) is 9.01. The molecule has 0 spiro atoms. The van der Waals surface area contributed by atoms with E-state index in [9.17, 15) is 0 Å². The number of benzene rings is 7. The first-order chi connectivity index (χ1) is 17.9. The first-order valence-electron chi connectivity index (χ1n) is 12.2. The summed E-state index contributed by atoms with van der Waals surface area (Å²) >= 11 is 0. The van der Waals surface area contributed by atoms with Crippen molar-refractivity contribution in [3.05, 3.63) is 122 Å². The maximum absolute atomic E-state index is 4.32. The van der Waals surface area contributed by atoms with Crippen LogP contribution in [0.25, 0.3) is 76.1 Å². The Bertz CT molecular complexity index is 1970. The van der Waals surface area contributed by atoms with E-state index in [4.69, 9.17) is 0 Å². The Morgan fingerprint density at radius 1 is 0.389 bits per heavy atom. The van der Waals surface area contributed by atoms with E-state index in [1.54, 1.807) is 6.33 Å². The first-order valence-corrected chi connectivity index (χ1v) is 12.2. The van der Waals surface area contributed by atoms with Crippen LogP contribution < -0.4 is 0 Å². The van der Waals surface area contributed by atoms with Crippen molar-refractivity contribution in [2.75, 3.05) is 0 Å². The van der Waals surface area contributed by atoms with Gasteiger partial charge in [0.05, 0.1) is 0 Å². The van der Waals surface area contributed by atoms with E-state index in [-0.39, 0.29) is 0 Å². The third-order valence-corrected chi connectivity index (χ3v) is 7.53. The highest BCUT2D eigenvalue weighted by molar-refractivity contribution is 6.26. The fraction of sp³-hybridized carbons (Fsp3) is 0. The van der Waals surface area contributed by atoms with Crippen LogP contribution in [0, 0.1) is 0 Å². The van der Waals surface area contributed by atoms with Gasteiger partial charge < -0.3 is 0 Å². The zero-order valence-electron chi connectivity index (χ0n) is 19.4. The van der Waals surface area contributed by atoms with Crippen LogP contribution in [-0.2, 0) is 0 Å². The van der Waals surface area contributed by atoms with Gasteiger partial charge in [-0.2, -0.15) is 0 Å². The van der Waals surface area contributed by atoms with Crippen LogP contribution in [-0.4, -0.2) is 9.97 Å². The number of fused-ring (bicyclic) bond motifs is 2. The van der Waals surface area contributed by atoms with Gasteiger partial charge in [-0.25, -0.2) is 9.97 Å². The molecular formula is C34H20N2. The second kappa shape index (κ2) is 7.34. The van der Waals surface area contributed by atoms with Gasteiger partial charge in [0.1, 0.15) is 6.33 Å². The average molecular weight is 457 g/mol. The Labute approximate surface area is 207 Å². The van der Waals surface area contributed by atoms with Crippen LogP contribution in [0.2, 0.25) is 0 Å². The van der Waals surface area contributed by atoms with Crippen LogP contribution in [0.15, 0.2) is 122 Å². The van der Waals surface area contributed by atoms with Crippen molar-refractivity contribution in [2.45, 2.75) is 0 Å². The van der Waals surface area contributed by atoms with Crippen molar-refractivity contribution >= 4 is 53.9 Å². The summed E-state index contributed by atoms with van der Waals surface area (Å²) in [7, 11) is 0. The van der Waals surface area contributed by atoms with Crippen molar-refractivity contribution in [3.8, 4) is 22.3 Å². The molecule has 0 atom stereocenters. The highest BCUT2D eigenvalue weighted by Gasteiger charge is 2.18. The molecule has 36 heavy (non-hydrogen) atoms. The molecule has 166 valence electrons. The molecule has 0 aliphatic rings. The zero-order chi connectivity index (χ0) is 23.6. The fourth-order valence-electron chi connectivity index (χ4n) is 6.08. The maximum atomic E-state index is 4.32. The standard InChI is InChI=1S/C34H20N2/c1-3-10-29-27(8-1)33(28-9-2-4-11-30(28)34(29)26-18-35-20-36-19-26)25-16-23-14-12-21-6-5-7-22-13-15-24(17-25)32(23)31(21)22/h1-20H. The average Bonchev–Trinajstić information content (AvgIpc) is 2.95. The van der Waals surface area contributed by atoms with E-state index in [0.29, 0.717) is 0 Å². The molecule has 1 heterocycles. The number of hydrogen-bond donors (Lipinski definition) is 0. The second-order valence-electron chi connectivity index (χ2n) is 9.48. The molecule has 0 aliphatic carbocycles. The van der Waals surface area contributed by atoms with Gasteiger partial charge in [-0.15, -0.1) is 0 Å². The van der Waals surface area contributed by atoms with E-state index in [1.807, 2.05) is 12.4 Å². The Morgan fingerprint density at radius 2 is 0.833 bits per heavy atom. The Kier molecular flexibility index (Phi) is 3.97. The van der Waals surface area contributed by atoms with E-state index in [1.165, 1.54) is 70.6 Å². The van der Waals surface area contributed by atoms with E-state index >= 15 is 0 Å². The van der Waals surface area contributed by atoms with Crippen molar-refractivity contribution in [2.24, 2.45) is 0 Å². The summed E-state index contributed by atoms with van der Waals surface area (Å²) < 4.78 is 0. The first kappa shape index (κ1) is 19.5. The summed E-state index contributed by atoms with van der Waals surface area (Å²) in [5, 5.41) is 12.8. The van der Waals surface area contributed by atoms with Crippen molar-refractivity contribution in [1.29, 1.82) is 0 Å².